The number of nitrogens with one attached hydrogen (secondary N) is 2. The second-order valence-corrected chi connectivity index (χ2v) is 6.12. The molecule has 4 N–H and O–H groups in total. The molecule has 20 heavy (non-hydrogen) atoms. The Hall–Kier alpha value is -1.59. The fourth-order valence-corrected chi connectivity index (χ4v) is 1.72. The first-order valence-electron chi connectivity index (χ1n) is 6.25. The zero-order valence-electron chi connectivity index (χ0n) is 12.1. The molecule has 0 radical (unpaired) electrons. The van der Waals surface area contributed by atoms with Crippen LogP contribution in [0.5, 0.6) is 0 Å². The van der Waals surface area contributed by atoms with Crippen molar-refractivity contribution in [3.8, 4) is 0 Å². The summed E-state index contributed by atoms with van der Waals surface area (Å²) in [5.41, 5.74) is 6.58. The van der Waals surface area contributed by atoms with Crippen molar-refractivity contribution in [2.45, 2.75) is 33.7 Å². The summed E-state index contributed by atoms with van der Waals surface area (Å²) in [6, 6.07) is 4.23. The van der Waals surface area contributed by atoms with E-state index in [1.165, 1.54) is 6.92 Å². The third-order valence-corrected chi connectivity index (χ3v) is 3.08. The number of anilines is 2. The van der Waals surface area contributed by atoms with Crippen LogP contribution in [0.3, 0.4) is 0 Å². The summed E-state index contributed by atoms with van der Waals surface area (Å²) in [6.45, 7) is 7.08. The maximum absolute atomic E-state index is 12.0. The van der Waals surface area contributed by atoms with Crippen molar-refractivity contribution >= 4 is 34.8 Å². The second kappa shape index (κ2) is 6.24. The summed E-state index contributed by atoms with van der Waals surface area (Å²) in [5.74, 6) is -0.487. The van der Waals surface area contributed by atoms with Gasteiger partial charge in [0.1, 0.15) is 0 Å². The molecule has 0 aromatic heterocycles. The van der Waals surface area contributed by atoms with Crippen molar-refractivity contribution < 1.29 is 9.59 Å². The minimum absolute atomic E-state index is 0.210. The molecule has 0 heterocycles. The van der Waals surface area contributed by atoms with Crippen LogP contribution in [-0.4, -0.2) is 17.9 Å². The van der Waals surface area contributed by atoms with Gasteiger partial charge in [0.05, 0.1) is 16.8 Å². The average molecular weight is 298 g/mol. The number of rotatable bonds is 3. The minimum Gasteiger partial charge on any atom is -0.325 e. The van der Waals surface area contributed by atoms with E-state index in [0.29, 0.717) is 16.4 Å². The van der Waals surface area contributed by atoms with Gasteiger partial charge in [0.25, 0.3) is 0 Å². The average Bonchev–Trinajstić information content (AvgIpc) is 2.30. The fourth-order valence-electron chi connectivity index (χ4n) is 1.50. The van der Waals surface area contributed by atoms with E-state index in [9.17, 15) is 9.59 Å². The molecule has 0 aliphatic carbocycles. The SMILES string of the molecule is CC(=O)Nc1ccc(NC(=O)C(N)C(C)(C)C)cc1Cl. The van der Waals surface area contributed by atoms with E-state index in [2.05, 4.69) is 10.6 Å². The first kappa shape index (κ1) is 16.5. The van der Waals surface area contributed by atoms with Crippen molar-refractivity contribution in [1.82, 2.24) is 0 Å². The van der Waals surface area contributed by atoms with Gasteiger partial charge in [-0.2, -0.15) is 0 Å². The number of hydrogen-bond donors (Lipinski definition) is 3. The maximum atomic E-state index is 12.0. The third kappa shape index (κ3) is 4.51. The minimum atomic E-state index is -0.628. The standard InChI is InChI=1S/C14H20ClN3O2/c1-8(19)17-11-6-5-9(7-10(11)15)18-13(20)12(16)14(2,3)4/h5-7,12H,16H2,1-4H3,(H,17,19)(H,18,20). The van der Waals surface area contributed by atoms with Crippen LogP contribution in [0.2, 0.25) is 5.02 Å². The predicted octanol–water partition coefficient (Wildman–Crippen LogP) is 2.61. The van der Waals surface area contributed by atoms with Gasteiger partial charge < -0.3 is 16.4 Å². The highest BCUT2D eigenvalue weighted by Gasteiger charge is 2.27. The molecule has 6 heteroatoms. The lowest BCUT2D eigenvalue weighted by Gasteiger charge is -2.25. The van der Waals surface area contributed by atoms with E-state index in [4.69, 9.17) is 17.3 Å². The molecule has 1 atom stereocenters. The summed E-state index contributed by atoms with van der Waals surface area (Å²) >= 11 is 6.03. The number of benzene rings is 1. The van der Waals surface area contributed by atoms with Crippen LogP contribution in [0.1, 0.15) is 27.7 Å². The lowest BCUT2D eigenvalue weighted by molar-refractivity contribution is -0.119. The van der Waals surface area contributed by atoms with Crippen molar-refractivity contribution in [2.75, 3.05) is 10.6 Å². The molecule has 5 nitrogen and oxygen atoms in total. The van der Waals surface area contributed by atoms with Gasteiger partial charge in [0.2, 0.25) is 11.8 Å². The third-order valence-electron chi connectivity index (χ3n) is 2.76. The Balaban J connectivity index is 2.82. The van der Waals surface area contributed by atoms with E-state index < -0.39 is 6.04 Å². The van der Waals surface area contributed by atoms with Gasteiger partial charge in [-0.1, -0.05) is 32.4 Å². The number of halogens is 1. The topological polar surface area (TPSA) is 84.2 Å². The summed E-state index contributed by atoms with van der Waals surface area (Å²) in [4.78, 5) is 23.0. The number of amides is 2. The highest BCUT2D eigenvalue weighted by molar-refractivity contribution is 6.34. The van der Waals surface area contributed by atoms with Crippen molar-refractivity contribution in [2.24, 2.45) is 11.1 Å². The lowest BCUT2D eigenvalue weighted by Crippen LogP contribution is -2.45. The number of nitrogens with two attached hydrogens (primary N) is 1. The van der Waals surface area contributed by atoms with Gasteiger partial charge >= 0.3 is 0 Å². The molecular formula is C14H20ClN3O2. The van der Waals surface area contributed by atoms with Crippen molar-refractivity contribution in [3.63, 3.8) is 0 Å². The maximum Gasteiger partial charge on any atom is 0.241 e. The van der Waals surface area contributed by atoms with Gasteiger partial charge in [0, 0.05) is 12.6 Å². The van der Waals surface area contributed by atoms with Gasteiger partial charge in [-0.05, 0) is 23.6 Å². The Labute approximate surface area is 123 Å². The first-order chi connectivity index (χ1) is 9.11. The largest absolute Gasteiger partial charge is 0.325 e. The molecule has 0 fully saturated rings. The Morgan fingerprint density at radius 1 is 1.25 bits per heavy atom. The van der Waals surface area contributed by atoms with E-state index in [-0.39, 0.29) is 17.2 Å². The molecule has 0 saturated carbocycles. The molecule has 1 unspecified atom stereocenters. The highest BCUT2D eigenvalue weighted by Crippen LogP contribution is 2.26. The molecule has 2 amide bonds. The van der Waals surface area contributed by atoms with Crippen molar-refractivity contribution in [1.29, 1.82) is 0 Å². The molecule has 0 saturated heterocycles. The molecular weight excluding hydrogens is 278 g/mol. The molecule has 0 spiro atoms. The highest BCUT2D eigenvalue weighted by atomic mass is 35.5. The zero-order chi connectivity index (χ0) is 15.5. The van der Waals surface area contributed by atoms with Crippen LogP contribution in [0.15, 0.2) is 18.2 Å². The van der Waals surface area contributed by atoms with Gasteiger partial charge in [-0.3, -0.25) is 9.59 Å². The normalized spacial score (nSPS) is 12.7. The van der Waals surface area contributed by atoms with Crippen LogP contribution in [0.25, 0.3) is 0 Å². The Kier molecular flexibility index (Phi) is 5.14. The molecule has 110 valence electrons. The smallest absolute Gasteiger partial charge is 0.241 e. The van der Waals surface area contributed by atoms with Crippen LogP contribution in [0, 0.1) is 5.41 Å². The monoisotopic (exact) mass is 297 g/mol. The molecule has 0 aliphatic rings. The summed E-state index contributed by atoms with van der Waals surface area (Å²) < 4.78 is 0. The van der Waals surface area contributed by atoms with E-state index in [1.54, 1.807) is 18.2 Å². The van der Waals surface area contributed by atoms with Gasteiger partial charge in [-0.25, -0.2) is 0 Å². The molecule has 0 aliphatic heterocycles. The molecule has 1 rings (SSSR count). The van der Waals surface area contributed by atoms with Crippen LogP contribution < -0.4 is 16.4 Å². The zero-order valence-corrected chi connectivity index (χ0v) is 12.8. The quantitative estimate of drug-likeness (QED) is 0.802. The van der Waals surface area contributed by atoms with Gasteiger partial charge in [0.15, 0.2) is 0 Å². The fraction of sp³-hybridized carbons (Fsp3) is 0.429. The number of carbonyl (C=O) groups excluding carboxylic acids is 2. The molecule has 1 aromatic rings. The first-order valence-corrected chi connectivity index (χ1v) is 6.62. The Bertz CT molecular complexity index is 524. The summed E-state index contributed by atoms with van der Waals surface area (Å²) in [5, 5.41) is 5.65. The van der Waals surface area contributed by atoms with E-state index in [0.717, 1.165) is 0 Å². The van der Waals surface area contributed by atoms with Gasteiger partial charge in [-0.15, -0.1) is 0 Å². The molecule has 0 bridgehead atoms. The number of hydrogen-bond acceptors (Lipinski definition) is 3. The summed E-state index contributed by atoms with van der Waals surface area (Å²) in [6.07, 6.45) is 0. The Morgan fingerprint density at radius 3 is 2.30 bits per heavy atom. The summed E-state index contributed by atoms with van der Waals surface area (Å²) in [7, 11) is 0. The van der Waals surface area contributed by atoms with E-state index in [1.807, 2.05) is 20.8 Å². The Morgan fingerprint density at radius 2 is 1.85 bits per heavy atom. The van der Waals surface area contributed by atoms with Crippen LogP contribution in [-0.2, 0) is 9.59 Å². The lowest BCUT2D eigenvalue weighted by atomic mass is 9.87. The van der Waals surface area contributed by atoms with Crippen LogP contribution in [0.4, 0.5) is 11.4 Å². The second-order valence-electron chi connectivity index (χ2n) is 5.71. The number of carbonyl (C=O) groups is 2. The van der Waals surface area contributed by atoms with Crippen molar-refractivity contribution in [3.05, 3.63) is 23.2 Å². The molecule has 1 aromatic carbocycles. The predicted molar refractivity (Wildman–Crippen MR) is 81.8 cm³/mol. The van der Waals surface area contributed by atoms with Crippen LogP contribution >= 0.6 is 11.6 Å². The van der Waals surface area contributed by atoms with E-state index >= 15 is 0 Å².